The van der Waals surface area contributed by atoms with Crippen molar-refractivity contribution in [1.82, 2.24) is 14.9 Å². The molecule has 18 heavy (non-hydrogen) atoms. The summed E-state index contributed by atoms with van der Waals surface area (Å²) in [6, 6.07) is 8.00. The van der Waals surface area contributed by atoms with E-state index in [0.717, 1.165) is 29.8 Å². The van der Waals surface area contributed by atoms with Crippen LogP contribution in [0.3, 0.4) is 0 Å². The van der Waals surface area contributed by atoms with Crippen LogP contribution in [0.25, 0.3) is 11.0 Å². The molecule has 1 unspecified atom stereocenters. The van der Waals surface area contributed by atoms with E-state index in [2.05, 4.69) is 34.8 Å². The molecule has 0 aliphatic carbocycles. The van der Waals surface area contributed by atoms with Gasteiger partial charge in [0.05, 0.1) is 17.1 Å². The Hall–Kier alpha value is -1.84. The number of amides is 1. The van der Waals surface area contributed by atoms with Gasteiger partial charge in [-0.25, -0.2) is 4.98 Å². The van der Waals surface area contributed by atoms with Crippen LogP contribution < -0.4 is 5.32 Å². The molecule has 1 heterocycles. The van der Waals surface area contributed by atoms with Crippen molar-refractivity contribution in [3.05, 3.63) is 30.1 Å². The summed E-state index contributed by atoms with van der Waals surface area (Å²) in [7, 11) is 0. The maximum Gasteiger partial charge on any atom is 0.207 e. The van der Waals surface area contributed by atoms with E-state index in [1.54, 1.807) is 0 Å². The fourth-order valence-electron chi connectivity index (χ4n) is 2.16. The molecule has 4 nitrogen and oxygen atoms in total. The minimum atomic E-state index is -0.0753. The lowest BCUT2D eigenvalue weighted by Crippen LogP contribution is -2.21. The molecule has 0 saturated heterocycles. The summed E-state index contributed by atoms with van der Waals surface area (Å²) < 4.78 is 2.20. The lowest BCUT2D eigenvalue weighted by Gasteiger charge is -2.15. The largest absolute Gasteiger partial charge is 0.349 e. The third-order valence-corrected chi connectivity index (χ3v) is 2.94. The zero-order valence-electron chi connectivity index (χ0n) is 11.1. The molecule has 1 aromatic heterocycles. The Morgan fingerprint density at radius 3 is 2.72 bits per heavy atom. The van der Waals surface area contributed by atoms with Crippen LogP contribution in [0, 0.1) is 5.92 Å². The summed E-state index contributed by atoms with van der Waals surface area (Å²) in [6.07, 6.45) is 0.726. The van der Waals surface area contributed by atoms with Crippen LogP contribution in [0.4, 0.5) is 0 Å². The van der Waals surface area contributed by atoms with Crippen molar-refractivity contribution in [1.29, 1.82) is 0 Å². The highest BCUT2D eigenvalue weighted by molar-refractivity contribution is 5.76. The molecule has 0 radical (unpaired) electrons. The first-order valence-corrected chi connectivity index (χ1v) is 6.28. The quantitative estimate of drug-likeness (QED) is 0.823. The number of carbonyl (C=O) groups is 1. The van der Waals surface area contributed by atoms with Gasteiger partial charge in [0.25, 0.3) is 0 Å². The number of hydrogen-bond acceptors (Lipinski definition) is 2. The van der Waals surface area contributed by atoms with Gasteiger partial charge < -0.3 is 9.88 Å². The maximum atomic E-state index is 10.6. The van der Waals surface area contributed by atoms with Gasteiger partial charge in [0.15, 0.2) is 0 Å². The molecule has 2 aromatic rings. The van der Waals surface area contributed by atoms with Gasteiger partial charge in [-0.15, -0.1) is 0 Å². The lowest BCUT2D eigenvalue weighted by atomic mass is 10.2. The highest BCUT2D eigenvalue weighted by Gasteiger charge is 2.16. The van der Waals surface area contributed by atoms with E-state index in [0.29, 0.717) is 5.92 Å². The van der Waals surface area contributed by atoms with Crippen LogP contribution in [0.1, 0.15) is 32.6 Å². The smallest absolute Gasteiger partial charge is 0.207 e. The van der Waals surface area contributed by atoms with E-state index in [-0.39, 0.29) is 6.04 Å². The first-order chi connectivity index (χ1) is 8.63. The Morgan fingerprint density at radius 1 is 1.33 bits per heavy atom. The molecule has 0 aliphatic rings. The molecule has 1 N–H and O–H groups in total. The van der Waals surface area contributed by atoms with Gasteiger partial charge in [-0.3, -0.25) is 4.79 Å². The molecule has 1 aromatic carbocycles. The average Bonchev–Trinajstić information content (AvgIpc) is 2.68. The SMILES string of the molecule is CC(C)Cn1c(C(C)NC=O)nc2ccccc21. The van der Waals surface area contributed by atoms with Crippen LogP contribution in [0.5, 0.6) is 0 Å². The Bertz CT molecular complexity index is 545. The fourth-order valence-corrected chi connectivity index (χ4v) is 2.16. The summed E-state index contributed by atoms with van der Waals surface area (Å²) in [4.78, 5) is 15.2. The van der Waals surface area contributed by atoms with Crippen molar-refractivity contribution in [3.8, 4) is 0 Å². The zero-order valence-corrected chi connectivity index (χ0v) is 11.1. The molecule has 0 aliphatic heterocycles. The number of para-hydroxylation sites is 2. The number of aromatic nitrogens is 2. The topological polar surface area (TPSA) is 46.9 Å². The average molecular weight is 245 g/mol. The number of nitrogens with one attached hydrogen (secondary N) is 1. The van der Waals surface area contributed by atoms with Crippen molar-refractivity contribution < 1.29 is 4.79 Å². The molecule has 1 amide bonds. The summed E-state index contributed by atoms with van der Waals surface area (Å²) in [6.45, 7) is 7.21. The third kappa shape index (κ3) is 2.37. The fraction of sp³-hybridized carbons (Fsp3) is 0.429. The van der Waals surface area contributed by atoms with Gasteiger partial charge in [-0.2, -0.15) is 0 Å². The molecule has 1 atom stereocenters. The monoisotopic (exact) mass is 245 g/mol. The van der Waals surface area contributed by atoms with Crippen molar-refractivity contribution in [2.24, 2.45) is 5.92 Å². The molecular weight excluding hydrogens is 226 g/mol. The lowest BCUT2D eigenvalue weighted by molar-refractivity contribution is -0.110. The minimum absolute atomic E-state index is 0.0753. The maximum absolute atomic E-state index is 10.6. The van der Waals surface area contributed by atoms with Crippen molar-refractivity contribution in [2.45, 2.75) is 33.4 Å². The molecule has 2 rings (SSSR count). The summed E-state index contributed by atoms with van der Waals surface area (Å²) in [5.74, 6) is 1.45. The summed E-state index contributed by atoms with van der Waals surface area (Å²) in [5, 5.41) is 2.77. The standard InChI is InChI=1S/C14H19N3O/c1-10(2)8-17-13-7-5-4-6-12(13)16-14(17)11(3)15-9-18/h4-7,9-11H,8H2,1-3H3,(H,15,18). The van der Waals surface area contributed by atoms with Gasteiger partial charge in [0, 0.05) is 6.54 Å². The zero-order chi connectivity index (χ0) is 13.1. The number of benzene rings is 1. The van der Waals surface area contributed by atoms with Crippen molar-refractivity contribution in [2.75, 3.05) is 0 Å². The first kappa shape index (κ1) is 12.6. The van der Waals surface area contributed by atoms with E-state index in [1.165, 1.54) is 0 Å². The van der Waals surface area contributed by atoms with E-state index in [1.807, 2.05) is 25.1 Å². The van der Waals surface area contributed by atoms with Crippen LogP contribution in [0.2, 0.25) is 0 Å². The Kier molecular flexibility index (Phi) is 3.65. The second kappa shape index (κ2) is 5.21. The Morgan fingerprint density at radius 2 is 2.06 bits per heavy atom. The number of nitrogens with zero attached hydrogens (tertiary/aromatic N) is 2. The molecule has 0 saturated carbocycles. The van der Waals surface area contributed by atoms with Gasteiger partial charge in [0.2, 0.25) is 6.41 Å². The van der Waals surface area contributed by atoms with Gasteiger partial charge in [-0.1, -0.05) is 26.0 Å². The van der Waals surface area contributed by atoms with E-state index in [4.69, 9.17) is 0 Å². The first-order valence-electron chi connectivity index (χ1n) is 6.28. The molecule has 0 fully saturated rings. The number of hydrogen-bond donors (Lipinski definition) is 1. The van der Waals surface area contributed by atoms with Crippen molar-refractivity contribution in [3.63, 3.8) is 0 Å². The third-order valence-electron chi connectivity index (χ3n) is 2.94. The van der Waals surface area contributed by atoms with Crippen molar-refractivity contribution >= 4 is 17.4 Å². The Labute approximate surface area is 107 Å². The predicted molar refractivity (Wildman–Crippen MR) is 72.2 cm³/mol. The number of rotatable bonds is 5. The summed E-state index contributed by atoms with van der Waals surface area (Å²) in [5.41, 5.74) is 2.11. The van der Waals surface area contributed by atoms with Crippen LogP contribution >= 0.6 is 0 Å². The van der Waals surface area contributed by atoms with Gasteiger partial charge in [-0.05, 0) is 25.0 Å². The Balaban J connectivity index is 2.52. The second-order valence-electron chi connectivity index (χ2n) is 4.97. The highest BCUT2D eigenvalue weighted by atomic mass is 16.1. The summed E-state index contributed by atoms with van der Waals surface area (Å²) >= 11 is 0. The number of imidazole rings is 1. The normalized spacial score (nSPS) is 12.9. The minimum Gasteiger partial charge on any atom is -0.349 e. The van der Waals surface area contributed by atoms with Crippen LogP contribution in [0.15, 0.2) is 24.3 Å². The van der Waals surface area contributed by atoms with Gasteiger partial charge in [0.1, 0.15) is 5.82 Å². The van der Waals surface area contributed by atoms with E-state index < -0.39 is 0 Å². The molecule has 0 spiro atoms. The molecule has 4 heteroatoms. The molecular formula is C14H19N3O. The van der Waals surface area contributed by atoms with E-state index >= 15 is 0 Å². The molecule has 96 valence electrons. The van der Waals surface area contributed by atoms with E-state index in [9.17, 15) is 4.79 Å². The predicted octanol–water partition coefficient (Wildman–Crippen LogP) is 2.50. The van der Waals surface area contributed by atoms with Gasteiger partial charge >= 0.3 is 0 Å². The number of carbonyl (C=O) groups excluding carboxylic acids is 1. The second-order valence-corrected chi connectivity index (χ2v) is 4.97. The number of fused-ring (bicyclic) bond motifs is 1. The highest BCUT2D eigenvalue weighted by Crippen LogP contribution is 2.21. The molecule has 0 bridgehead atoms. The van der Waals surface area contributed by atoms with Crippen LogP contribution in [-0.4, -0.2) is 16.0 Å². The van der Waals surface area contributed by atoms with Crippen LogP contribution in [-0.2, 0) is 11.3 Å².